The van der Waals surface area contributed by atoms with Crippen LogP contribution < -0.4 is 0 Å². The number of halogens is 2. The number of carboxylic acids is 1. The predicted molar refractivity (Wildman–Crippen MR) is 82.5 cm³/mol. The first-order chi connectivity index (χ1) is 10.8. The van der Waals surface area contributed by atoms with Gasteiger partial charge in [-0.2, -0.15) is 8.78 Å². The van der Waals surface area contributed by atoms with Gasteiger partial charge in [-0.25, -0.2) is 4.79 Å². The van der Waals surface area contributed by atoms with Gasteiger partial charge in [0.15, 0.2) is 0 Å². The van der Waals surface area contributed by atoms with Crippen molar-refractivity contribution < 1.29 is 23.8 Å². The molecule has 1 aromatic rings. The second-order valence-corrected chi connectivity index (χ2v) is 6.21. The van der Waals surface area contributed by atoms with E-state index in [1.807, 2.05) is 23.1 Å². The van der Waals surface area contributed by atoms with Crippen molar-refractivity contribution in [2.45, 2.75) is 50.7 Å². The van der Waals surface area contributed by atoms with Gasteiger partial charge in [0.25, 0.3) is 0 Å². The summed E-state index contributed by atoms with van der Waals surface area (Å²) in [6, 6.07) is 8.09. The van der Waals surface area contributed by atoms with E-state index in [1.54, 1.807) is 0 Å². The fourth-order valence-electron chi connectivity index (χ4n) is 3.05. The minimum Gasteiger partial charge on any atom is -0.477 e. The highest BCUT2D eigenvalue weighted by Crippen LogP contribution is 2.37. The summed E-state index contributed by atoms with van der Waals surface area (Å²) in [6.07, 6.45) is 0.808. The van der Waals surface area contributed by atoms with Crippen LogP contribution in [0.25, 0.3) is 0 Å². The van der Waals surface area contributed by atoms with Crippen molar-refractivity contribution >= 4 is 5.97 Å². The van der Waals surface area contributed by atoms with E-state index >= 15 is 0 Å². The zero-order chi connectivity index (χ0) is 17.1. The van der Waals surface area contributed by atoms with Crippen molar-refractivity contribution in [2.75, 3.05) is 13.1 Å². The minimum atomic E-state index is -4.12. The zero-order valence-corrected chi connectivity index (χ0v) is 13.3. The third-order valence-corrected chi connectivity index (χ3v) is 4.57. The van der Waals surface area contributed by atoms with Gasteiger partial charge in [-0.15, -0.1) is 0 Å². The van der Waals surface area contributed by atoms with Gasteiger partial charge in [-0.1, -0.05) is 31.2 Å². The van der Waals surface area contributed by atoms with Crippen LogP contribution in [0, 0.1) is 0 Å². The zero-order valence-electron chi connectivity index (χ0n) is 13.3. The van der Waals surface area contributed by atoms with Crippen molar-refractivity contribution in [3.63, 3.8) is 0 Å². The molecule has 0 aliphatic carbocycles. The van der Waals surface area contributed by atoms with Gasteiger partial charge in [-0.3, -0.25) is 4.90 Å². The van der Waals surface area contributed by atoms with E-state index in [9.17, 15) is 18.7 Å². The Balaban J connectivity index is 2.05. The highest BCUT2D eigenvalue weighted by molar-refractivity contribution is 5.77. The van der Waals surface area contributed by atoms with Crippen molar-refractivity contribution in [2.24, 2.45) is 0 Å². The van der Waals surface area contributed by atoms with Crippen molar-refractivity contribution in [1.82, 2.24) is 4.90 Å². The third kappa shape index (κ3) is 3.87. The Morgan fingerprint density at radius 1 is 1.30 bits per heavy atom. The van der Waals surface area contributed by atoms with Gasteiger partial charge in [0, 0.05) is 13.1 Å². The lowest BCUT2D eigenvalue weighted by molar-refractivity contribution is -0.211. The summed E-state index contributed by atoms with van der Waals surface area (Å²) >= 11 is 0. The van der Waals surface area contributed by atoms with E-state index in [4.69, 9.17) is 5.11 Å². The van der Waals surface area contributed by atoms with Crippen LogP contribution >= 0.6 is 0 Å². The SMILES string of the molecule is CCc1cccc(CN2CCCC(O)(C(F)(F)C(=O)O)CC2)c1. The highest BCUT2D eigenvalue weighted by Gasteiger charge is 2.58. The summed E-state index contributed by atoms with van der Waals surface area (Å²) in [4.78, 5) is 12.7. The number of alkyl halides is 2. The number of rotatable bonds is 5. The fourth-order valence-corrected chi connectivity index (χ4v) is 3.05. The maximum atomic E-state index is 13.8. The molecular weight excluding hydrogens is 304 g/mol. The monoisotopic (exact) mass is 327 g/mol. The number of carbonyl (C=O) groups is 1. The van der Waals surface area contributed by atoms with Gasteiger partial charge in [0.2, 0.25) is 0 Å². The van der Waals surface area contributed by atoms with E-state index in [-0.39, 0.29) is 19.4 Å². The van der Waals surface area contributed by atoms with E-state index in [1.165, 1.54) is 5.56 Å². The molecule has 1 aromatic carbocycles. The molecular formula is C17H23F2NO3. The molecule has 1 saturated heterocycles. The van der Waals surface area contributed by atoms with Crippen molar-refractivity contribution in [3.8, 4) is 0 Å². The Hall–Kier alpha value is -1.53. The minimum absolute atomic E-state index is 0.211. The summed E-state index contributed by atoms with van der Waals surface area (Å²) in [7, 11) is 0. The van der Waals surface area contributed by atoms with Crippen molar-refractivity contribution in [3.05, 3.63) is 35.4 Å². The first kappa shape index (κ1) is 17.8. The Morgan fingerprint density at radius 2 is 2.00 bits per heavy atom. The van der Waals surface area contributed by atoms with E-state index in [0.717, 1.165) is 12.0 Å². The summed E-state index contributed by atoms with van der Waals surface area (Å²) in [6.45, 7) is 3.49. The lowest BCUT2D eigenvalue weighted by Gasteiger charge is -2.32. The molecule has 1 unspecified atom stereocenters. The van der Waals surface area contributed by atoms with Crippen LogP contribution in [0.5, 0.6) is 0 Å². The maximum absolute atomic E-state index is 13.8. The molecule has 1 aliphatic rings. The van der Waals surface area contributed by atoms with Gasteiger partial charge in [0.05, 0.1) is 0 Å². The molecule has 1 heterocycles. The van der Waals surface area contributed by atoms with Crippen LogP contribution in [0.15, 0.2) is 24.3 Å². The summed E-state index contributed by atoms with van der Waals surface area (Å²) in [5.41, 5.74) is -0.162. The largest absolute Gasteiger partial charge is 0.477 e. The topological polar surface area (TPSA) is 60.8 Å². The highest BCUT2D eigenvalue weighted by atomic mass is 19.3. The molecule has 0 aromatic heterocycles. The maximum Gasteiger partial charge on any atom is 0.377 e. The molecule has 6 heteroatoms. The van der Waals surface area contributed by atoms with E-state index < -0.39 is 17.5 Å². The average Bonchev–Trinajstić information content (AvgIpc) is 2.70. The number of nitrogens with zero attached hydrogens (tertiary/aromatic N) is 1. The average molecular weight is 327 g/mol. The number of likely N-dealkylation sites (tertiary alicyclic amines) is 1. The molecule has 0 bridgehead atoms. The van der Waals surface area contributed by atoms with Crippen LogP contribution in [-0.4, -0.2) is 45.7 Å². The lowest BCUT2D eigenvalue weighted by atomic mass is 9.88. The molecule has 128 valence electrons. The molecule has 1 fully saturated rings. The number of carboxylic acid groups (broad SMARTS) is 1. The van der Waals surface area contributed by atoms with Crippen LogP contribution in [0.4, 0.5) is 8.78 Å². The summed E-state index contributed by atoms with van der Waals surface area (Å²) < 4.78 is 27.6. The summed E-state index contributed by atoms with van der Waals surface area (Å²) in [5.74, 6) is -6.38. The molecule has 4 nitrogen and oxygen atoms in total. The molecule has 2 N–H and O–H groups in total. The molecule has 2 rings (SSSR count). The number of hydrogen-bond acceptors (Lipinski definition) is 3. The number of hydrogen-bond donors (Lipinski definition) is 2. The Labute approximate surface area is 134 Å². The first-order valence-corrected chi connectivity index (χ1v) is 7.92. The predicted octanol–water partition coefficient (Wildman–Crippen LogP) is 2.69. The molecule has 1 aliphatic heterocycles. The second-order valence-electron chi connectivity index (χ2n) is 6.21. The third-order valence-electron chi connectivity index (χ3n) is 4.57. The standard InChI is InChI=1S/C17H23F2NO3/c1-2-13-5-3-6-14(11-13)12-20-9-4-7-16(23,8-10-20)17(18,19)15(21)22/h3,5-6,11,23H,2,4,7-10,12H2,1H3,(H,21,22). The number of aryl methyl sites for hydroxylation is 1. The molecule has 0 amide bonds. The smallest absolute Gasteiger partial charge is 0.377 e. The van der Waals surface area contributed by atoms with Crippen LogP contribution in [0.2, 0.25) is 0 Å². The van der Waals surface area contributed by atoms with Crippen LogP contribution in [0.1, 0.15) is 37.3 Å². The molecule has 0 spiro atoms. The van der Waals surface area contributed by atoms with E-state index in [0.29, 0.717) is 19.5 Å². The molecule has 23 heavy (non-hydrogen) atoms. The van der Waals surface area contributed by atoms with Gasteiger partial charge >= 0.3 is 11.9 Å². The van der Waals surface area contributed by atoms with Gasteiger partial charge in [0.1, 0.15) is 5.60 Å². The molecule has 0 radical (unpaired) electrons. The lowest BCUT2D eigenvalue weighted by Crippen LogP contribution is -2.53. The van der Waals surface area contributed by atoms with Crippen LogP contribution in [-0.2, 0) is 17.8 Å². The Bertz CT molecular complexity index is 565. The van der Waals surface area contributed by atoms with Crippen molar-refractivity contribution in [1.29, 1.82) is 0 Å². The quantitative estimate of drug-likeness (QED) is 0.873. The molecule has 1 atom stereocenters. The number of aliphatic hydroxyl groups is 1. The number of benzene rings is 1. The fraction of sp³-hybridized carbons (Fsp3) is 0.588. The second kappa shape index (κ2) is 6.93. The number of aliphatic carboxylic acids is 1. The van der Waals surface area contributed by atoms with E-state index in [2.05, 4.69) is 13.0 Å². The Morgan fingerprint density at radius 3 is 2.65 bits per heavy atom. The normalized spacial score (nSPS) is 23.5. The first-order valence-electron chi connectivity index (χ1n) is 7.92. The molecule has 0 saturated carbocycles. The van der Waals surface area contributed by atoms with Gasteiger partial charge < -0.3 is 10.2 Å². The summed E-state index contributed by atoms with van der Waals surface area (Å²) in [5, 5.41) is 18.8. The van der Waals surface area contributed by atoms with Crippen LogP contribution in [0.3, 0.4) is 0 Å². The Kier molecular flexibility index (Phi) is 5.37. The van der Waals surface area contributed by atoms with Gasteiger partial charge in [-0.05, 0) is 43.4 Å².